The Kier molecular flexibility index (Phi) is 6.96. The van der Waals surface area contributed by atoms with Gasteiger partial charge in [-0.25, -0.2) is 0 Å². The fraction of sp³-hybridized carbons (Fsp3) is 0.923. The second-order valence-electron chi connectivity index (χ2n) is 5.49. The van der Waals surface area contributed by atoms with Gasteiger partial charge in [-0.15, -0.1) is 0 Å². The zero-order valence-electron chi connectivity index (χ0n) is 12.3. The number of thioether (sulfide) groups is 1. The molecule has 6 heteroatoms. The Morgan fingerprint density at radius 1 is 1.47 bits per heavy atom. The quantitative estimate of drug-likeness (QED) is 0.245. The van der Waals surface area contributed by atoms with E-state index in [9.17, 15) is 0 Å². The van der Waals surface area contributed by atoms with Crippen LogP contribution in [0.5, 0.6) is 0 Å². The number of ether oxygens (including phenoxy) is 1. The number of oxime groups is 1. The van der Waals surface area contributed by atoms with Gasteiger partial charge < -0.3 is 20.6 Å². The molecule has 1 aliphatic heterocycles. The number of amidine groups is 1. The number of likely N-dealkylation sites (tertiary alicyclic amines) is 1. The van der Waals surface area contributed by atoms with Gasteiger partial charge in [0.05, 0.1) is 11.4 Å². The predicted molar refractivity (Wildman–Crippen MR) is 81.0 cm³/mol. The maximum Gasteiger partial charge on any atom is 0.155 e. The van der Waals surface area contributed by atoms with Crippen LogP contribution in [0.1, 0.15) is 26.7 Å². The molecule has 0 unspecified atom stereocenters. The standard InChI is InChI=1S/C13H27N3O2S/c1-11(2)10-18-9-8-16-6-4-13(19-3,5-7-16)12(14)15-17/h11,17H,4-10H2,1-3H3,(H2,14,15). The molecule has 19 heavy (non-hydrogen) atoms. The third kappa shape index (κ3) is 4.85. The summed E-state index contributed by atoms with van der Waals surface area (Å²) >= 11 is 1.69. The zero-order valence-corrected chi connectivity index (χ0v) is 13.1. The van der Waals surface area contributed by atoms with Crippen LogP contribution in [0.15, 0.2) is 5.16 Å². The lowest BCUT2D eigenvalue weighted by Gasteiger charge is -2.39. The highest BCUT2D eigenvalue weighted by atomic mass is 32.2. The van der Waals surface area contributed by atoms with E-state index in [0.29, 0.717) is 11.8 Å². The largest absolute Gasteiger partial charge is 0.409 e. The molecule has 1 rings (SSSR count). The average Bonchev–Trinajstić information content (AvgIpc) is 2.43. The lowest BCUT2D eigenvalue weighted by Crippen LogP contribution is -2.50. The lowest BCUT2D eigenvalue weighted by molar-refractivity contribution is 0.0788. The molecule has 1 saturated heterocycles. The van der Waals surface area contributed by atoms with Gasteiger partial charge >= 0.3 is 0 Å². The van der Waals surface area contributed by atoms with E-state index in [0.717, 1.165) is 45.7 Å². The van der Waals surface area contributed by atoms with E-state index in [4.69, 9.17) is 15.7 Å². The summed E-state index contributed by atoms with van der Waals surface area (Å²) in [5.74, 6) is 0.946. The van der Waals surface area contributed by atoms with E-state index in [1.807, 2.05) is 6.26 Å². The van der Waals surface area contributed by atoms with Crippen LogP contribution in [0.25, 0.3) is 0 Å². The minimum absolute atomic E-state index is 0.190. The summed E-state index contributed by atoms with van der Waals surface area (Å²) < 4.78 is 5.42. The van der Waals surface area contributed by atoms with Crippen LogP contribution in [-0.4, -0.2) is 59.8 Å². The summed E-state index contributed by atoms with van der Waals surface area (Å²) in [5, 5.41) is 12.1. The summed E-state index contributed by atoms with van der Waals surface area (Å²) in [6, 6.07) is 0. The Hall–Kier alpha value is -0.460. The van der Waals surface area contributed by atoms with Gasteiger partial charge in [-0.1, -0.05) is 19.0 Å². The molecule has 1 fully saturated rings. The highest BCUT2D eigenvalue weighted by Crippen LogP contribution is 2.34. The molecule has 0 amide bonds. The number of rotatable bonds is 7. The van der Waals surface area contributed by atoms with Gasteiger partial charge in [0.15, 0.2) is 5.84 Å². The zero-order chi connectivity index (χ0) is 14.3. The predicted octanol–water partition coefficient (Wildman–Crippen LogP) is 1.60. The summed E-state index contributed by atoms with van der Waals surface area (Å²) in [5.41, 5.74) is 5.83. The molecule has 0 bridgehead atoms. The topological polar surface area (TPSA) is 71.1 Å². The normalized spacial score (nSPS) is 20.9. The maximum absolute atomic E-state index is 8.89. The SMILES string of the molecule is CSC1(C(N)=NO)CCN(CCOCC(C)C)CC1. The summed E-state index contributed by atoms with van der Waals surface area (Å²) in [6.07, 6.45) is 3.88. The summed E-state index contributed by atoms with van der Waals surface area (Å²) in [4.78, 5) is 2.39. The first-order chi connectivity index (χ1) is 9.04. The van der Waals surface area contributed by atoms with Crippen molar-refractivity contribution in [3.63, 3.8) is 0 Å². The van der Waals surface area contributed by atoms with Crippen LogP contribution in [0.3, 0.4) is 0 Å². The first kappa shape index (κ1) is 16.6. The molecular formula is C13H27N3O2S. The third-order valence-corrected chi connectivity index (χ3v) is 5.03. The Morgan fingerprint density at radius 3 is 2.58 bits per heavy atom. The average molecular weight is 289 g/mol. The minimum atomic E-state index is -0.190. The van der Waals surface area contributed by atoms with Crippen LogP contribution in [-0.2, 0) is 4.74 Å². The molecular weight excluding hydrogens is 262 g/mol. The molecule has 0 atom stereocenters. The Balaban J connectivity index is 2.32. The van der Waals surface area contributed by atoms with Crippen LogP contribution >= 0.6 is 11.8 Å². The molecule has 0 saturated carbocycles. The van der Waals surface area contributed by atoms with Crippen molar-refractivity contribution in [1.29, 1.82) is 0 Å². The highest BCUT2D eigenvalue weighted by Gasteiger charge is 2.37. The van der Waals surface area contributed by atoms with Gasteiger partial charge in [-0.2, -0.15) is 11.8 Å². The molecule has 3 N–H and O–H groups in total. The van der Waals surface area contributed by atoms with E-state index >= 15 is 0 Å². The highest BCUT2D eigenvalue weighted by molar-refractivity contribution is 8.00. The molecule has 1 aliphatic rings. The Morgan fingerprint density at radius 2 is 2.11 bits per heavy atom. The van der Waals surface area contributed by atoms with Crippen molar-refractivity contribution < 1.29 is 9.94 Å². The second kappa shape index (κ2) is 7.97. The lowest BCUT2D eigenvalue weighted by atomic mass is 9.94. The van der Waals surface area contributed by atoms with Crippen LogP contribution in [0.4, 0.5) is 0 Å². The molecule has 5 nitrogen and oxygen atoms in total. The van der Waals surface area contributed by atoms with E-state index in [-0.39, 0.29) is 4.75 Å². The van der Waals surface area contributed by atoms with Crippen molar-refractivity contribution in [2.75, 3.05) is 39.1 Å². The van der Waals surface area contributed by atoms with Crippen LogP contribution < -0.4 is 5.73 Å². The van der Waals surface area contributed by atoms with Crippen LogP contribution in [0.2, 0.25) is 0 Å². The Bertz CT molecular complexity index is 290. The maximum atomic E-state index is 8.89. The number of nitrogens with zero attached hydrogens (tertiary/aromatic N) is 2. The number of hydrogen-bond acceptors (Lipinski definition) is 5. The van der Waals surface area contributed by atoms with Gasteiger partial charge in [-0.3, -0.25) is 0 Å². The van der Waals surface area contributed by atoms with E-state index in [1.165, 1.54) is 0 Å². The molecule has 0 aliphatic carbocycles. The van der Waals surface area contributed by atoms with E-state index < -0.39 is 0 Å². The van der Waals surface area contributed by atoms with Gasteiger partial charge in [0.25, 0.3) is 0 Å². The fourth-order valence-electron chi connectivity index (χ4n) is 2.31. The van der Waals surface area contributed by atoms with E-state index in [2.05, 4.69) is 23.9 Å². The molecule has 0 aromatic heterocycles. The van der Waals surface area contributed by atoms with Crippen molar-refractivity contribution in [2.24, 2.45) is 16.8 Å². The summed E-state index contributed by atoms with van der Waals surface area (Å²) in [7, 11) is 0. The second-order valence-corrected chi connectivity index (χ2v) is 6.68. The molecule has 0 aromatic rings. The van der Waals surface area contributed by atoms with E-state index in [1.54, 1.807) is 11.8 Å². The van der Waals surface area contributed by atoms with Gasteiger partial charge in [0, 0.05) is 13.2 Å². The summed E-state index contributed by atoms with van der Waals surface area (Å²) in [6.45, 7) is 8.84. The first-order valence-electron chi connectivity index (χ1n) is 6.87. The molecule has 0 radical (unpaired) electrons. The Labute approximate surface area is 120 Å². The van der Waals surface area contributed by atoms with Crippen molar-refractivity contribution in [3.05, 3.63) is 0 Å². The first-order valence-corrected chi connectivity index (χ1v) is 8.10. The third-order valence-electron chi connectivity index (χ3n) is 3.63. The molecule has 1 heterocycles. The fourth-order valence-corrected chi connectivity index (χ4v) is 3.15. The molecule has 0 aromatic carbocycles. The van der Waals surface area contributed by atoms with Crippen molar-refractivity contribution in [3.8, 4) is 0 Å². The van der Waals surface area contributed by atoms with Crippen molar-refractivity contribution >= 4 is 17.6 Å². The van der Waals surface area contributed by atoms with Crippen molar-refractivity contribution in [1.82, 2.24) is 4.90 Å². The van der Waals surface area contributed by atoms with Gasteiger partial charge in [0.1, 0.15) is 0 Å². The smallest absolute Gasteiger partial charge is 0.155 e. The monoisotopic (exact) mass is 289 g/mol. The molecule has 112 valence electrons. The van der Waals surface area contributed by atoms with Gasteiger partial charge in [-0.05, 0) is 38.1 Å². The number of piperidine rings is 1. The number of hydrogen-bond donors (Lipinski definition) is 2. The van der Waals surface area contributed by atoms with Gasteiger partial charge in [0.2, 0.25) is 0 Å². The van der Waals surface area contributed by atoms with Crippen molar-refractivity contribution in [2.45, 2.75) is 31.4 Å². The molecule has 0 spiro atoms. The van der Waals surface area contributed by atoms with Crippen LogP contribution in [0, 0.1) is 5.92 Å². The number of nitrogens with two attached hydrogens (primary N) is 1. The minimum Gasteiger partial charge on any atom is -0.409 e.